The molecule has 0 radical (unpaired) electrons. The molecule has 0 spiro atoms. The van der Waals surface area contributed by atoms with Gasteiger partial charge in [-0.15, -0.1) is 0 Å². The lowest BCUT2D eigenvalue weighted by atomic mass is 9.79. The Morgan fingerprint density at radius 3 is 2.45 bits per heavy atom. The number of rotatable bonds is 4. The molecule has 4 rings (SSSR count). The number of hydrogen-bond donors (Lipinski definition) is 1. The molecule has 0 saturated carbocycles. The normalized spacial score (nSPS) is 24.0. The van der Waals surface area contributed by atoms with E-state index in [2.05, 4.69) is 0 Å². The first-order chi connectivity index (χ1) is 15.3. The maximum atomic E-state index is 14.1. The van der Waals surface area contributed by atoms with Crippen molar-refractivity contribution >= 4 is 35.7 Å². The van der Waals surface area contributed by atoms with Crippen molar-refractivity contribution in [1.82, 2.24) is 9.47 Å². The molecular formula is C23H30BFN2O6. The Bertz CT molecular complexity index is 1100. The predicted octanol–water partition coefficient (Wildman–Crippen LogP) is 2.84. The molecule has 8 nitrogen and oxygen atoms in total. The fourth-order valence-electron chi connectivity index (χ4n) is 4.83. The second kappa shape index (κ2) is 8.02. The fraction of sp³-hybridized carbons (Fsp3) is 0.565. The zero-order valence-corrected chi connectivity index (χ0v) is 19.8. The molecule has 0 unspecified atom stereocenters. The van der Waals surface area contributed by atoms with Crippen molar-refractivity contribution in [1.29, 1.82) is 0 Å². The number of carboxylic acid groups (broad SMARTS) is 1. The average Bonchev–Trinajstić information content (AvgIpc) is 3.26. The van der Waals surface area contributed by atoms with Crippen molar-refractivity contribution < 1.29 is 33.1 Å². The Hall–Kier alpha value is -2.59. The van der Waals surface area contributed by atoms with Crippen LogP contribution in [0.3, 0.4) is 0 Å². The van der Waals surface area contributed by atoms with Crippen LogP contribution >= 0.6 is 0 Å². The molecule has 2 aliphatic heterocycles. The van der Waals surface area contributed by atoms with E-state index in [-0.39, 0.29) is 12.4 Å². The Kier molecular flexibility index (Phi) is 5.73. The van der Waals surface area contributed by atoms with Crippen LogP contribution in [0.25, 0.3) is 10.9 Å². The summed E-state index contributed by atoms with van der Waals surface area (Å²) in [5.41, 5.74) is 1.10. The van der Waals surface area contributed by atoms with Crippen molar-refractivity contribution in [2.75, 3.05) is 6.54 Å². The van der Waals surface area contributed by atoms with Gasteiger partial charge in [0.15, 0.2) is 0 Å². The maximum Gasteiger partial charge on any atom is 0.512 e. The Morgan fingerprint density at radius 1 is 1.24 bits per heavy atom. The largest absolute Gasteiger partial charge is 0.512 e. The van der Waals surface area contributed by atoms with Crippen LogP contribution in [-0.2, 0) is 32.3 Å². The third-order valence-electron chi connectivity index (χ3n) is 7.19. The highest BCUT2D eigenvalue weighted by Gasteiger charge is 2.53. The van der Waals surface area contributed by atoms with Gasteiger partial charge in [0.1, 0.15) is 11.9 Å². The van der Waals surface area contributed by atoms with E-state index in [0.717, 1.165) is 16.5 Å². The first-order valence-corrected chi connectivity index (χ1v) is 11.1. The van der Waals surface area contributed by atoms with E-state index in [9.17, 15) is 19.1 Å². The molecule has 1 aromatic heterocycles. The highest BCUT2D eigenvalue weighted by Crippen LogP contribution is 2.38. The molecule has 10 heteroatoms. The molecule has 2 aromatic rings. The monoisotopic (exact) mass is 460 g/mol. The average molecular weight is 460 g/mol. The number of likely N-dealkylation sites (tertiary alicyclic amines) is 1. The molecule has 2 saturated heterocycles. The van der Waals surface area contributed by atoms with Crippen LogP contribution in [-0.4, -0.2) is 63.6 Å². The summed E-state index contributed by atoms with van der Waals surface area (Å²) in [6.07, 6.45) is -0.840. The van der Waals surface area contributed by atoms with Crippen LogP contribution in [0.4, 0.5) is 9.18 Å². The number of fused-ring (bicyclic) bond motifs is 1. The van der Waals surface area contributed by atoms with Crippen molar-refractivity contribution in [3.63, 3.8) is 0 Å². The van der Waals surface area contributed by atoms with Crippen molar-refractivity contribution in [2.45, 2.75) is 70.8 Å². The summed E-state index contributed by atoms with van der Waals surface area (Å²) >= 11 is 0. The van der Waals surface area contributed by atoms with Gasteiger partial charge in [-0.3, -0.25) is 4.79 Å². The van der Waals surface area contributed by atoms with Crippen LogP contribution in [0, 0.1) is 5.82 Å². The quantitative estimate of drug-likeness (QED) is 0.558. The van der Waals surface area contributed by atoms with Crippen molar-refractivity contribution in [2.24, 2.45) is 7.05 Å². The van der Waals surface area contributed by atoms with Crippen LogP contribution in [0.15, 0.2) is 18.2 Å². The Balaban J connectivity index is 1.78. The van der Waals surface area contributed by atoms with E-state index in [4.69, 9.17) is 14.0 Å². The smallest absolute Gasteiger partial charge is 0.465 e. The topological polar surface area (TPSA) is 90.2 Å². The van der Waals surface area contributed by atoms with E-state index >= 15 is 0 Å². The molecule has 1 aromatic carbocycles. The molecule has 0 aliphatic carbocycles. The number of carbonyl (C=O) groups excluding carboxylic acids is 1. The van der Waals surface area contributed by atoms with Crippen molar-refractivity contribution in [3.05, 3.63) is 29.6 Å². The van der Waals surface area contributed by atoms with Gasteiger partial charge in [0.25, 0.3) is 0 Å². The van der Waals surface area contributed by atoms with Gasteiger partial charge in [-0.05, 0) is 57.9 Å². The highest BCUT2D eigenvalue weighted by molar-refractivity contribution is 6.62. The number of ether oxygens (including phenoxy) is 1. The standard InChI is InChI=1S/C23H30BFN2O6/c1-13(28)31-16-10-15(27(12-16)21(29)30)11-18-17-8-7-14(25)9-19(17)26(6)20(18)24-32-22(2,3)23(4,5)33-24/h7-9,15-16H,10-12H2,1-6H3,(H,29,30)/t15-,16-/m0/s1. The number of benzene rings is 1. The van der Waals surface area contributed by atoms with Crippen LogP contribution in [0.1, 0.15) is 46.6 Å². The molecule has 33 heavy (non-hydrogen) atoms. The second-order valence-corrected chi connectivity index (χ2v) is 9.93. The van der Waals surface area contributed by atoms with E-state index in [1.54, 1.807) is 6.07 Å². The second-order valence-electron chi connectivity index (χ2n) is 9.93. The van der Waals surface area contributed by atoms with Crippen molar-refractivity contribution in [3.8, 4) is 0 Å². The highest BCUT2D eigenvalue weighted by atomic mass is 19.1. The summed E-state index contributed by atoms with van der Waals surface area (Å²) in [4.78, 5) is 24.7. The van der Waals surface area contributed by atoms with Gasteiger partial charge < -0.3 is 28.6 Å². The number of aryl methyl sites for hydroxylation is 1. The lowest BCUT2D eigenvalue weighted by molar-refractivity contribution is -0.145. The fourth-order valence-corrected chi connectivity index (χ4v) is 4.83. The zero-order chi connectivity index (χ0) is 24.3. The summed E-state index contributed by atoms with van der Waals surface area (Å²) in [6, 6.07) is 4.14. The number of aromatic nitrogens is 1. The molecule has 178 valence electrons. The van der Waals surface area contributed by atoms with Gasteiger partial charge in [-0.1, -0.05) is 0 Å². The van der Waals surface area contributed by atoms with E-state index in [1.165, 1.54) is 24.0 Å². The Labute approximate surface area is 192 Å². The molecule has 2 atom stereocenters. The number of halogens is 1. The molecule has 0 bridgehead atoms. The SMILES string of the molecule is CC(=O)O[C@H]1C[C@@H](Cc2c(B3OC(C)(C)C(C)(C)O3)n(C)c3cc(F)ccc23)N(C(=O)O)C1. The van der Waals surface area contributed by atoms with E-state index in [1.807, 2.05) is 39.3 Å². The zero-order valence-electron chi connectivity index (χ0n) is 19.8. The third-order valence-corrected chi connectivity index (χ3v) is 7.19. The minimum Gasteiger partial charge on any atom is -0.465 e. The minimum atomic E-state index is -1.07. The lowest BCUT2D eigenvalue weighted by Gasteiger charge is -2.32. The summed E-state index contributed by atoms with van der Waals surface area (Å²) < 4.78 is 33.9. The third kappa shape index (κ3) is 4.10. The summed E-state index contributed by atoms with van der Waals surface area (Å²) in [7, 11) is 1.13. The van der Waals surface area contributed by atoms with Gasteiger partial charge >= 0.3 is 19.2 Å². The predicted molar refractivity (Wildman–Crippen MR) is 121 cm³/mol. The minimum absolute atomic E-state index is 0.116. The summed E-state index contributed by atoms with van der Waals surface area (Å²) in [5.74, 6) is -0.803. The van der Waals surface area contributed by atoms with E-state index < -0.39 is 42.5 Å². The summed E-state index contributed by atoms with van der Waals surface area (Å²) in [6.45, 7) is 9.27. The number of nitrogens with zero attached hydrogens (tertiary/aromatic N) is 2. The molecule has 2 fully saturated rings. The first kappa shape index (κ1) is 23.6. The number of hydrogen-bond acceptors (Lipinski definition) is 5. The molecular weight excluding hydrogens is 430 g/mol. The lowest BCUT2D eigenvalue weighted by Crippen LogP contribution is -2.43. The van der Waals surface area contributed by atoms with Gasteiger partial charge in [-0.25, -0.2) is 9.18 Å². The van der Waals surface area contributed by atoms with Crippen LogP contribution < -0.4 is 5.59 Å². The number of carbonyl (C=O) groups is 2. The summed E-state index contributed by atoms with van der Waals surface area (Å²) in [5, 5.41) is 10.6. The van der Waals surface area contributed by atoms with Gasteiger partial charge in [0.05, 0.1) is 28.9 Å². The molecule has 1 amide bonds. The molecule has 3 heterocycles. The van der Waals surface area contributed by atoms with Crippen LogP contribution in [0.2, 0.25) is 0 Å². The van der Waals surface area contributed by atoms with Gasteiger partial charge in [0, 0.05) is 31.8 Å². The Morgan fingerprint density at radius 2 is 1.88 bits per heavy atom. The number of esters is 1. The molecule has 2 aliphatic rings. The van der Waals surface area contributed by atoms with E-state index in [0.29, 0.717) is 18.4 Å². The maximum absolute atomic E-state index is 14.1. The van der Waals surface area contributed by atoms with Crippen LogP contribution in [0.5, 0.6) is 0 Å². The first-order valence-electron chi connectivity index (χ1n) is 11.1. The van der Waals surface area contributed by atoms with Gasteiger partial charge in [0.2, 0.25) is 0 Å². The number of amides is 1. The molecule has 1 N–H and O–H groups in total. The van der Waals surface area contributed by atoms with Gasteiger partial charge in [-0.2, -0.15) is 0 Å².